The van der Waals surface area contributed by atoms with Crippen LogP contribution in [0.4, 0.5) is 0 Å². The fourth-order valence-electron chi connectivity index (χ4n) is 3.96. The van der Waals surface area contributed by atoms with E-state index in [9.17, 15) is 4.79 Å². The molecule has 2 N–H and O–H groups in total. The number of rotatable bonds is 5. The van der Waals surface area contributed by atoms with Crippen LogP contribution in [0.25, 0.3) is 0 Å². The SMILES string of the molecule is O=C(NC(c1ccccc1)(c1ccccc1)c1ccccc1)C1CCCN1. The maximum atomic E-state index is 13.2. The number of carbonyl (C=O) groups excluding carboxylic acids is 1. The Morgan fingerprint density at radius 3 is 1.59 bits per heavy atom. The molecule has 0 aliphatic carbocycles. The van der Waals surface area contributed by atoms with Crippen LogP contribution in [0.1, 0.15) is 29.5 Å². The van der Waals surface area contributed by atoms with Crippen LogP contribution in [0.5, 0.6) is 0 Å². The first-order chi connectivity index (χ1) is 13.3. The van der Waals surface area contributed by atoms with E-state index in [0.717, 1.165) is 36.1 Å². The quantitative estimate of drug-likeness (QED) is 0.682. The summed E-state index contributed by atoms with van der Waals surface area (Å²) in [4.78, 5) is 13.2. The predicted octanol–water partition coefficient (Wildman–Crippen LogP) is 3.85. The molecule has 0 spiro atoms. The Balaban J connectivity index is 1.90. The number of amides is 1. The van der Waals surface area contributed by atoms with Gasteiger partial charge in [-0.15, -0.1) is 0 Å². The summed E-state index contributed by atoms with van der Waals surface area (Å²) in [6, 6.07) is 30.5. The van der Waals surface area contributed by atoms with Gasteiger partial charge < -0.3 is 10.6 Å². The van der Waals surface area contributed by atoms with Gasteiger partial charge in [-0.3, -0.25) is 4.79 Å². The molecule has 0 aromatic heterocycles. The molecule has 136 valence electrons. The van der Waals surface area contributed by atoms with Crippen molar-refractivity contribution in [1.82, 2.24) is 10.6 Å². The highest BCUT2D eigenvalue weighted by molar-refractivity contribution is 5.84. The third kappa shape index (κ3) is 3.38. The molecule has 1 saturated heterocycles. The van der Waals surface area contributed by atoms with Gasteiger partial charge in [-0.05, 0) is 36.1 Å². The maximum Gasteiger partial charge on any atom is 0.238 e. The topological polar surface area (TPSA) is 41.1 Å². The molecule has 3 aromatic carbocycles. The van der Waals surface area contributed by atoms with Crippen molar-refractivity contribution in [2.75, 3.05) is 6.54 Å². The second kappa shape index (κ2) is 7.77. The molecule has 1 heterocycles. The highest BCUT2D eigenvalue weighted by atomic mass is 16.2. The van der Waals surface area contributed by atoms with E-state index in [4.69, 9.17) is 0 Å². The summed E-state index contributed by atoms with van der Waals surface area (Å²) in [5, 5.41) is 6.74. The summed E-state index contributed by atoms with van der Waals surface area (Å²) < 4.78 is 0. The van der Waals surface area contributed by atoms with Crippen molar-refractivity contribution in [2.24, 2.45) is 0 Å². The van der Waals surface area contributed by atoms with Crippen LogP contribution in [0.2, 0.25) is 0 Å². The van der Waals surface area contributed by atoms with Gasteiger partial charge in [-0.2, -0.15) is 0 Å². The summed E-state index contributed by atoms with van der Waals surface area (Å²) in [5.41, 5.74) is 2.42. The molecule has 3 nitrogen and oxygen atoms in total. The number of hydrogen-bond acceptors (Lipinski definition) is 2. The van der Waals surface area contributed by atoms with Crippen LogP contribution in [-0.2, 0) is 10.3 Å². The van der Waals surface area contributed by atoms with E-state index >= 15 is 0 Å². The Morgan fingerprint density at radius 1 is 0.778 bits per heavy atom. The first-order valence-electron chi connectivity index (χ1n) is 9.53. The number of benzene rings is 3. The van der Waals surface area contributed by atoms with Gasteiger partial charge in [0, 0.05) is 0 Å². The molecule has 1 fully saturated rings. The smallest absolute Gasteiger partial charge is 0.238 e. The molecule has 27 heavy (non-hydrogen) atoms. The molecular formula is C24H24N2O. The van der Waals surface area contributed by atoms with Crippen LogP contribution < -0.4 is 10.6 Å². The summed E-state index contributed by atoms with van der Waals surface area (Å²) in [7, 11) is 0. The van der Waals surface area contributed by atoms with Crippen molar-refractivity contribution >= 4 is 5.91 Å². The summed E-state index contributed by atoms with van der Waals surface area (Å²) in [6.45, 7) is 0.896. The van der Waals surface area contributed by atoms with Gasteiger partial charge in [0.05, 0.1) is 6.04 Å². The van der Waals surface area contributed by atoms with Gasteiger partial charge in [-0.1, -0.05) is 91.0 Å². The van der Waals surface area contributed by atoms with E-state index in [1.165, 1.54) is 0 Å². The molecule has 3 heteroatoms. The van der Waals surface area contributed by atoms with E-state index in [1.807, 2.05) is 54.6 Å². The standard InChI is InChI=1S/C24H24N2O/c27-23(22-17-10-18-25-22)26-24(19-11-4-1-5-12-19,20-13-6-2-7-14-20)21-15-8-3-9-16-21/h1-9,11-16,22,25H,10,17-18H2,(H,26,27). The van der Waals surface area contributed by atoms with Crippen molar-refractivity contribution < 1.29 is 4.79 Å². The number of nitrogens with one attached hydrogen (secondary N) is 2. The normalized spacial score (nSPS) is 16.8. The van der Waals surface area contributed by atoms with Crippen molar-refractivity contribution in [3.63, 3.8) is 0 Å². The monoisotopic (exact) mass is 356 g/mol. The van der Waals surface area contributed by atoms with Crippen LogP contribution in [-0.4, -0.2) is 18.5 Å². The zero-order valence-corrected chi connectivity index (χ0v) is 15.3. The lowest BCUT2D eigenvalue weighted by molar-refractivity contribution is -0.124. The molecule has 4 rings (SSSR count). The molecule has 1 amide bonds. The van der Waals surface area contributed by atoms with Gasteiger partial charge in [-0.25, -0.2) is 0 Å². The Morgan fingerprint density at radius 2 is 1.22 bits per heavy atom. The zero-order chi connectivity index (χ0) is 18.5. The maximum absolute atomic E-state index is 13.2. The Labute approximate surface area is 160 Å². The van der Waals surface area contributed by atoms with Crippen LogP contribution in [0.3, 0.4) is 0 Å². The minimum absolute atomic E-state index is 0.0454. The molecule has 0 saturated carbocycles. The van der Waals surface area contributed by atoms with Crippen molar-refractivity contribution in [3.05, 3.63) is 108 Å². The molecule has 1 atom stereocenters. The summed E-state index contributed by atoms with van der Waals surface area (Å²) >= 11 is 0. The van der Waals surface area contributed by atoms with Gasteiger partial charge in [0.1, 0.15) is 5.54 Å². The fraction of sp³-hybridized carbons (Fsp3) is 0.208. The minimum Gasteiger partial charge on any atom is -0.337 e. The largest absolute Gasteiger partial charge is 0.337 e. The molecule has 0 radical (unpaired) electrons. The Hall–Kier alpha value is -2.91. The molecular weight excluding hydrogens is 332 g/mol. The molecule has 1 aliphatic heterocycles. The lowest BCUT2D eigenvalue weighted by Crippen LogP contribution is -2.53. The second-order valence-electron chi connectivity index (χ2n) is 6.99. The third-order valence-corrected chi connectivity index (χ3v) is 5.31. The van der Waals surface area contributed by atoms with Crippen molar-refractivity contribution in [1.29, 1.82) is 0 Å². The van der Waals surface area contributed by atoms with Gasteiger partial charge in [0.25, 0.3) is 0 Å². The average Bonchev–Trinajstić information content (AvgIpc) is 3.29. The van der Waals surface area contributed by atoms with E-state index in [2.05, 4.69) is 47.0 Å². The molecule has 1 unspecified atom stereocenters. The van der Waals surface area contributed by atoms with Crippen molar-refractivity contribution in [2.45, 2.75) is 24.4 Å². The van der Waals surface area contributed by atoms with E-state index in [0.29, 0.717) is 0 Å². The molecule has 0 bridgehead atoms. The summed E-state index contributed by atoms with van der Waals surface area (Å²) in [6.07, 6.45) is 1.91. The highest BCUT2D eigenvalue weighted by Gasteiger charge is 2.39. The lowest BCUT2D eigenvalue weighted by atomic mass is 9.76. The third-order valence-electron chi connectivity index (χ3n) is 5.31. The zero-order valence-electron chi connectivity index (χ0n) is 15.3. The van der Waals surface area contributed by atoms with Crippen molar-refractivity contribution in [3.8, 4) is 0 Å². The first kappa shape index (κ1) is 17.5. The lowest BCUT2D eigenvalue weighted by Gasteiger charge is -2.37. The van der Waals surface area contributed by atoms with Crippen LogP contribution in [0.15, 0.2) is 91.0 Å². The number of hydrogen-bond donors (Lipinski definition) is 2. The van der Waals surface area contributed by atoms with E-state index < -0.39 is 5.54 Å². The minimum atomic E-state index is -0.731. The van der Waals surface area contributed by atoms with Crippen LogP contribution >= 0.6 is 0 Å². The molecule has 1 aliphatic rings. The Bertz CT molecular complexity index is 775. The van der Waals surface area contributed by atoms with Gasteiger partial charge in [0.15, 0.2) is 0 Å². The predicted molar refractivity (Wildman–Crippen MR) is 108 cm³/mol. The van der Waals surface area contributed by atoms with E-state index in [1.54, 1.807) is 0 Å². The first-order valence-corrected chi connectivity index (χ1v) is 9.53. The van der Waals surface area contributed by atoms with Gasteiger partial charge >= 0.3 is 0 Å². The second-order valence-corrected chi connectivity index (χ2v) is 6.99. The van der Waals surface area contributed by atoms with Gasteiger partial charge in [0.2, 0.25) is 5.91 Å². The highest BCUT2D eigenvalue weighted by Crippen LogP contribution is 2.37. The summed E-state index contributed by atoms with van der Waals surface area (Å²) in [5.74, 6) is 0.0454. The Kier molecular flexibility index (Phi) is 5.03. The fourth-order valence-corrected chi connectivity index (χ4v) is 3.96. The average molecular weight is 356 g/mol. The van der Waals surface area contributed by atoms with Crippen LogP contribution in [0, 0.1) is 0 Å². The molecule has 3 aromatic rings. The number of carbonyl (C=O) groups is 1. The van der Waals surface area contributed by atoms with E-state index in [-0.39, 0.29) is 11.9 Å².